The number of benzene rings is 2. The van der Waals surface area contributed by atoms with E-state index in [4.69, 9.17) is 14.2 Å². The van der Waals surface area contributed by atoms with Crippen LogP contribution in [0.15, 0.2) is 52.1 Å². The van der Waals surface area contributed by atoms with Crippen molar-refractivity contribution >= 4 is 37.5 Å². The van der Waals surface area contributed by atoms with E-state index in [0.29, 0.717) is 11.6 Å². The van der Waals surface area contributed by atoms with Crippen LogP contribution >= 0.6 is 27.3 Å². The molecule has 37 heavy (non-hydrogen) atoms. The summed E-state index contributed by atoms with van der Waals surface area (Å²) < 4.78 is 21.9. The molecule has 190 valence electrons. The molecule has 2 saturated heterocycles. The zero-order chi connectivity index (χ0) is 25.7. The largest absolute Gasteiger partial charge is 0.389 e. The third kappa shape index (κ3) is 4.42. The third-order valence-corrected chi connectivity index (χ3v) is 7.93. The van der Waals surface area contributed by atoms with E-state index in [1.165, 1.54) is 0 Å². The van der Waals surface area contributed by atoms with Crippen LogP contribution in [0.5, 0.6) is 0 Å². The Morgan fingerprint density at radius 1 is 1.19 bits per heavy atom. The van der Waals surface area contributed by atoms with Crippen molar-refractivity contribution in [3.05, 3.63) is 79.6 Å². The maximum Gasteiger partial charge on any atom is 0.184 e. The van der Waals surface area contributed by atoms with Gasteiger partial charge in [-0.05, 0) is 47.4 Å². The van der Waals surface area contributed by atoms with Gasteiger partial charge in [-0.2, -0.15) is 5.10 Å². The number of nitrogens with zero attached hydrogens (tertiary/aromatic N) is 7. The Bertz CT molecular complexity index is 1510. The predicted octanol–water partition coefficient (Wildman–Crippen LogP) is 4.85. The second-order valence-corrected chi connectivity index (χ2v) is 11.0. The number of azide groups is 1. The highest BCUT2D eigenvalue weighted by Gasteiger charge is 2.51. The second kappa shape index (κ2) is 9.76. The summed E-state index contributed by atoms with van der Waals surface area (Å²) in [6.45, 7) is 3.91. The van der Waals surface area contributed by atoms with Gasteiger partial charge < -0.3 is 19.3 Å². The van der Waals surface area contributed by atoms with Crippen LogP contribution in [0.4, 0.5) is 0 Å². The third-order valence-electron chi connectivity index (χ3n) is 6.41. The number of thiazole rings is 1. The molecule has 0 amide bonds. The number of fused-ring (bicyclic) bond motifs is 2. The van der Waals surface area contributed by atoms with Crippen molar-refractivity contribution in [2.45, 2.75) is 50.6 Å². The van der Waals surface area contributed by atoms with Gasteiger partial charge in [0.15, 0.2) is 12.1 Å². The van der Waals surface area contributed by atoms with Crippen LogP contribution in [0.3, 0.4) is 0 Å². The van der Waals surface area contributed by atoms with E-state index in [2.05, 4.69) is 41.0 Å². The Kier molecular flexibility index (Phi) is 6.45. The van der Waals surface area contributed by atoms with Gasteiger partial charge in [0.05, 0.1) is 39.7 Å². The molecule has 0 saturated carbocycles. The van der Waals surface area contributed by atoms with E-state index in [-0.39, 0.29) is 6.61 Å². The second-order valence-electron chi connectivity index (χ2n) is 8.89. The van der Waals surface area contributed by atoms with Crippen molar-refractivity contribution < 1.29 is 19.3 Å². The van der Waals surface area contributed by atoms with E-state index in [0.717, 1.165) is 30.9 Å². The smallest absolute Gasteiger partial charge is 0.184 e. The molecule has 2 aliphatic heterocycles. The lowest BCUT2D eigenvalue weighted by Gasteiger charge is -2.46. The Balaban J connectivity index is 1.36. The first kappa shape index (κ1) is 24.4. The summed E-state index contributed by atoms with van der Waals surface area (Å²) >= 11 is 5.18. The maximum atomic E-state index is 11.4. The number of halogens is 1. The fraction of sp³-hybridized carbons (Fsp3) is 0.375. The molecule has 1 N–H and O–H groups in total. The average molecular weight is 584 g/mol. The highest BCUT2D eigenvalue weighted by molar-refractivity contribution is 9.10. The van der Waals surface area contributed by atoms with Gasteiger partial charge in [-0.1, -0.05) is 35.4 Å². The molecule has 6 atom stereocenters. The molecule has 2 aliphatic rings. The van der Waals surface area contributed by atoms with Crippen LogP contribution in [0.25, 0.3) is 26.3 Å². The van der Waals surface area contributed by atoms with Gasteiger partial charge in [0, 0.05) is 14.9 Å². The van der Waals surface area contributed by atoms with Crippen LogP contribution < -0.4 is 0 Å². The number of hydrogen-bond donors (Lipinski definition) is 1. The monoisotopic (exact) mass is 583 g/mol. The minimum absolute atomic E-state index is 0.190. The van der Waals surface area contributed by atoms with Crippen molar-refractivity contribution in [2.75, 3.05) is 6.61 Å². The van der Waals surface area contributed by atoms with Gasteiger partial charge >= 0.3 is 0 Å². The topological polar surface area (TPSA) is 140 Å². The summed E-state index contributed by atoms with van der Waals surface area (Å²) in [7, 11) is 0. The molecule has 2 aromatic carbocycles. The average Bonchev–Trinajstić information content (AvgIpc) is 3.48. The van der Waals surface area contributed by atoms with Gasteiger partial charge in [0.25, 0.3) is 0 Å². The molecular formula is C24H22BrN7O4S. The Hall–Kier alpha value is -2.90. The van der Waals surface area contributed by atoms with Gasteiger partial charge in [-0.3, -0.25) is 0 Å². The van der Waals surface area contributed by atoms with Crippen molar-refractivity contribution in [3.8, 4) is 5.69 Å². The van der Waals surface area contributed by atoms with Crippen LogP contribution in [-0.2, 0) is 14.2 Å². The van der Waals surface area contributed by atoms with E-state index in [9.17, 15) is 10.6 Å². The molecule has 0 spiro atoms. The first-order chi connectivity index (χ1) is 17.9. The molecule has 2 fully saturated rings. The highest BCUT2D eigenvalue weighted by atomic mass is 79.9. The van der Waals surface area contributed by atoms with Crippen molar-refractivity contribution in [1.29, 1.82) is 0 Å². The molecule has 6 rings (SSSR count). The molecule has 13 heteroatoms. The summed E-state index contributed by atoms with van der Waals surface area (Å²) in [6, 6.07) is 12.4. The molecule has 2 aromatic heterocycles. The first-order valence-electron chi connectivity index (χ1n) is 11.6. The van der Waals surface area contributed by atoms with Gasteiger partial charge in [-0.15, -0.1) is 11.3 Å². The van der Waals surface area contributed by atoms with E-state index in [1.54, 1.807) is 22.9 Å². The zero-order valence-electron chi connectivity index (χ0n) is 19.8. The number of aryl methyl sites for hydroxylation is 2. The van der Waals surface area contributed by atoms with Crippen LogP contribution in [0.2, 0.25) is 0 Å². The quantitative estimate of drug-likeness (QED) is 0.205. The lowest BCUT2D eigenvalue weighted by Crippen LogP contribution is -2.58. The number of hydrogen-bond acceptors (Lipinski definition) is 9. The standard InChI is InChI=1S/C24H22BrN7O4S/c1-11-27-23(32(30-11)14-8-15(25)18-17(9-14)37-12(2)28-18)22-20(33)19(29-31-26)21-16(35-22)10-34-24(36-21)13-6-4-3-5-7-13/h3-9,16,19-22,24,33H,10H2,1-2H3/t16?,19?,20?,21-,22+,24?/m0/s1. The molecule has 4 heterocycles. The fourth-order valence-corrected chi connectivity index (χ4v) is 6.37. The zero-order valence-corrected chi connectivity index (χ0v) is 22.2. The Morgan fingerprint density at radius 3 is 2.78 bits per heavy atom. The molecule has 0 radical (unpaired) electrons. The van der Waals surface area contributed by atoms with Crippen molar-refractivity contribution in [3.63, 3.8) is 0 Å². The maximum absolute atomic E-state index is 11.4. The van der Waals surface area contributed by atoms with E-state index < -0.39 is 36.7 Å². The number of aliphatic hydroxyl groups excluding tert-OH is 1. The van der Waals surface area contributed by atoms with Crippen LogP contribution in [0.1, 0.15) is 34.6 Å². The SMILES string of the molecule is Cc1nc([C@@H]2OC3COC(c4ccccc4)O[C@@H]3C(N=[N+]=[N-])C2O)n(-c2cc(Br)c3nc(C)sc3c2)n1. The fourth-order valence-electron chi connectivity index (χ4n) is 4.81. The summed E-state index contributed by atoms with van der Waals surface area (Å²) in [5, 5.41) is 20.9. The predicted molar refractivity (Wildman–Crippen MR) is 138 cm³/mol. The van der Waals surface area contributed by atoms with Crippen molar-refractivity contribution in [2.24, 2.45) is 5.11 Å². The van der Waals surface area contributed by atoms with Gasteiger partial charge in [-0.25, -0.2) is 14.6 Å². The summed E-state index contributed by atoms with van der Waals surface area (Å²) in [4.78, 5) is 12.2. The molecule has 0 aliphatic carbocycles. The number of rotatable bonds is 4. The Labute approximate surface area is 223 Å². The molecule has 11 nitrogen and oxygen atoms in total. The lowest BCUT2D eigenvalue weighted by molar-refractivity contribution is -0.309. The highest BCUT2D eigenvalue weighted by Crippen LogP contribution is 2.41. The molecular weight excluding hydrogens is 562 g/mol. The molecule has 0 bridgehead atoms. The van der Waals surface area contributed by atoms with Crippen LogP contribution in [0, 0.1) is 13.8 Å². The Morgan fingerprint density at radius 2 is 2.00 bits per heavy atom. The van der Waals surface area contributed by atoms with E-state index >= 15 is 0 Å². The normalized spacial score (nSPS) is 27.6. The number of ether oxygens (including phenoxy) is 3. The van der Waals surface area contributed by atoms with Gasteiger partial charge in [0.2, 0.25) is 0 Å². The summed E-state index contributed by atoms with van der Waals surface area (Å²) in [5.41, 5.74) is 11.7. The lowest BCUT2D eigenvalue weighted by atomic mass is 9.91. The molecule has 4 aromatic rings. The number of aromatic nitrogens is 4. The number of aliphatic hydroxyl groups is 1. The minimum atomic E-state index is -1.23. The minimum Gasteiger partial charge on any atom is -0.389 e. The van der Waals surface area contributed by atoms with Crippen LogP contribution in [-0.4, -0.2) is 55.8 Å². The molecule has 4 unspecified atom stereocenters. The summed E-state index contributed by atoms with van der Waals surface area (Å²) in [5.74, 6) is 0.893. The first-order valence-corrected chi connectivity index (χ1v) is 13.2. The van der Waals surface area contributed by atoms with Gasteiger partial charge in [0.1, 0.15) is 24.1 Å². The van der Waals surface area contributed by atoms with E-state index in [1.807, 2.05) is 49.4 Å². The summed E-state index contributed by atoms with van der Waals surface area (Å²) in [6.07, 6.45) is -4.12. The van der Waals surface area contributed by atoms with Crippen molar-refractivity contribution in [1.82, 2.24) is 19.7 Å².